The molecule has 0 unspecified atom stereocenters. The molecule has 0 spiro atoms. The lowest BCUT2D eigenvalue weighted by Crippen LogP contribution is -2.33. The van der Waals surface area contributed by atoms with E-state index in [1.807, 2.05) is 36.4 Å². The van der Waals surface area contributed by atoms with Crippen molar-refractivity contribution in [1.82, 2.24) is 9.88 Å². The summed E-state index contributed by atoms with van der Waals surface area (Å²) in [5, 5.41) is 0. The molecule has 0 amide bonds. The first-order chi connectivity index (χ1) is 13.2. The molecule has 1 fully saturated rings. The van der Waals surface area contributed by atoms with Gasteiger partial charge in [-0.1, -0.05) is 24.3 Å². The standard InChI is InChI=1S/C22H22BrFN2O/c23-21-4-2-1-3-20(21)22-25-19(15-27-22)14-26-11-9-17(10-12-26)13-16-5-7-18(24)8-6-16/h1-8,15,17H,9-14H2. The van der Waals surface area contributed by atoms with Crippen LogP contribution in [-0.2, 0) is 13.0 Å². The van der Waals surface area contributed by atoms with E-state index in [0.717, 1.165) is 54.6 Å². The van der Waals surface area contributed by atoms with Crippen molar-refractivity contribution < 1.29 is 8.81 Å². The monoisotopic (exact) mass is 428 g/mol. The summed E-state index contributed by atoms with van der Waals surface area (Å²) in [6.07, 6.45) is 5.11. The minimum absolute atomic E-state index is 0.164. The average molecular weight is 429 g/mol. The van der Waals surface area contributed by atoms with Gasteiger partial charge in [0.05, 0.1) is 11.3 Å². The van der Waals surface area contributed by atoms with Gasteiger partial charge >= 0.3 is 0 Å². The lowest BCUT2D eigenvalue weighted by molar-refractivity contribution is 0.175. The highest BCUT2D eigenvalue weighted by Gasteiger charge is 2.21. The summed E-state index contributed by atoms with van der Waals surface area (Å²) in [4.78, 5) is 7.09. The van der Waals surface area contributed by atoms with Gasteiger partial charge in [-0.3, -0.25) is 4.90 Å². The Balaban J connectivity index is 1.31. The fourth-order valence-corrected chi connectivity index (χ4v) is 4.12. The molecule has 3 nitrogen and oxygen atoms in total. The molecule has 0 atom stereocenters. The van der Waals surface area contributed by atoms with Crippen LogP contribution in [0.25, 0.3) is 11.5 Å². The largest absolute Gasteiger partial charge is 0.444 e. The molecule has 0 N–H and O–H groups in total. The number of halogens is 2. The van der Waals surface area contributed by atoms with E-state index in [0.29, 0.717) is 11.8 Å². The van der Waals surface area contributed by atoms with Crippen molar-refractivity contribution in [3.63, 3.8) is 0 Å². The normalized spacial score (nSPS) is 15.9. The summed E-state index contributed by atoms with van der Waals surface area (Å²) in [5.41, 5.74) is 3.17. The van der Waals surface area contributed by atoms with Crippen LogP contribution in [0.15, 0.2) is 63.7 Å². The zero-order valence-corrected chi connectivity index (χ0v) is 16.7. The van der Waals surface area contributed by atoms with Gasteiger partial charge in [0.1, 0.15) is 12.1 Å². The second-order valence-electron chi connectivity index (χ2n) is 7.17. The summed E-state index contributed by atoms with van der Waals surface area (Å²) in [5.74, 6) is 1.16. The lowest BCUT2D eigenvalue weighted by Gasteiger charge is -2.31. The lowest BCUT2D eigenvalue weighted by atomic mass is 9.90. The molecule has 5 heteroatoms. The van der Waals surface area contributed by atoms with Crippen LogP contribution in [0.1, 0.15) is 24.1 Å². The van der Waals surface area contributed by atoms with Crippen LogP contribution < -0.4 is 0 Å². The smallest absolute Gasteiger partial charge is 0.227 e. The first kappa shape index (κ1) is 18.4. The number of rotatable bonds is 5. The van der Waals surface area contributed by atoms with Gasteiger partial charge in [0.2, 0.25) is 5.89 Å². The minimum atomic E-state index is -0.164. The van der Waals surface area contributed by atoms with E-state index in [4.69, 9.17) is 4.42 Å². The summed E-state index contributed by atoms with van der Waals surface area (Å²) >= 11 is 3.55. The van der Waals surface area contributed by atoms with Gasteiger partial charge in [0.25, 0.3) is 0 Å². The predicted molar refractivity (Wildman–Crippen MR) is 108 cm³/mol. The van der Waals surface area contributed by atoms with Crippen LogP contribution >= 0.6 is 15.9 Å². The number of likely N-dealkylation sites (tertiary alicyclic amines) is 1. The van der Waals surface area contributed by atoms with Gasteiger partial charge in [0.15, 0.2) is 0 Å². The SMILES string of the molecule is Fc1ccc(CC2CCN(Cc3coc(-c4ccccc4Br)n3)CC2)cc1. The number of nitrogens with zero attached hydrogens (tertiary/aromatic N) is 2. The number of oxazole rings is 1. The minimum Gasteiger partial charge on any atom is -0.444 e. The molecule has 0 saturated carbocycles. The Morgan fingerprint density at radius 2 is 1.81 bits per heavy atom. The number of hydrogen-bond donors (Lipinski definition) is 0. The summed E-state index contributed by atoms with van der Waals surface area (Å²) < 4.78 is 19.7. The van der Waals surface area contributed by atoms with E-state index >= 15 is 0 Å². The first-order valence-corrected chi connectivity index (χ1v) is 10.1. The molecule has 1 aliphatic heterocycles. The van der Waals surface area contributed by atoms with Crippen molar-refractivity contribution in [2.45, 2.75) is 25.8 Å². The zero-order valence-electron chi connectivity index (χ0n) is 15.1. The molecule has 140 valence electrons. The van der Waals surface area contributed by atoms with Crippen LogP contribution in [0.4, 0.5) is 4.39 Å². The van der Waals surface area contributed by atoms with Crippen LogP contribution in [0.2, 0.25) is 0 Å². The Labute approximate surface area is 167 Å². The molecule has 27 heavy (non-hydrogen) atoms. The quantitative estimate of drug-likeness (QED) is 0.521. The molecular weight excluding hydrogens is 407 g/mol. The van der Waals surface area contributed by atoms with Gasteiger partial charge in [-0.15, -0.1) is 0 Å². The maximum Gasteiger partial charge on any atom is 0.227 e. The van der Waals surface area contributed by atoms with Gasteiger partial charge in [0, 0.05) is 11.0 Å². The van der Waals surface area contributed by atoms with Gasteiger partial charge in [-0.25, -0.2) is 9.37 Å². The summed E-state index contributed by atoms with van der Waals surface area (Å²) in [6, 6.07) is 14.9. The Hall–Kier alpha value is -1.98. The van der Waals surface area contributed by atoms with Crippen LogP contribution in [-0.4, -0.2) is 23.0 Å². The highest BCUT2D eigenvalue weighted by Crippen LogP contribution is 2.28. The van der Waals surface area contributed by atoms with Crippen molar-refractivity contribution >= 4 is 15.9 Å². The van der Waals surface area contributed by atoms with E-state index in [1.165, 1.54) is 5.56 Å². The van der Waals surface area contributed by atoms with E-state index in [1.54, 1.807) is 18.4 Å². The van der Waals surface area contributed by atoms with Crippen LogP contribution in [0.3, 0.4) is 0 Å². The number of hydrogen-bond acceptors (Lipinski definition) is 3. The van der Waals surface area contributed by atoms with E-state index in [-0.39, 0.29) is 5.82 Å². The number of aromatic nitrogens is 1. The van der Waals surface area contributed by atoms with Crippen molar-refractivity contribution in [3.05, 3.63) is 76.3 Å². The van der Waals surface area contributed by atoms with Crippen LogP contribution in [0.5, 0.6) is 0 Å². The third kappa shape index (κ3) is 4.66. The molecule has 3 aromatic rings. The fraction of sp³-hybridized carbons (Fsp3) is 0.318. The summed E-state index contributed by atoms with van der Waals surface area (Å²) in [6.45, 7) is 2.93. The second-order valence-corrected chi connectivity index (χ2v) is 8.03. The van der Waals surface area contributed by atoms with Gasteiger partial charge < -0.3 is 4.42 Å². The second kappa shape index (κ2) is 8.36. The molecule has 1 saturated heterocycles. The fourth-order valence-electron chi connectivity index (χ4n) is 3.67. The highest BCUT2D eigenvalue weighted by atomic mass is 79.9. The molecule has 1 aliphatic rings. The van der Waals surface area contributed by atoms with Crippen molar-refractivity contribution in [2.24, 2.45) is 5.92 Å². The maximum absolute atomic E-state index is 13.0. The van der Waals surface area contributed by atoms with Crippen molar-refractivity contribution in [2.75, 3.05) is 13.1 Å². The van der Waals surface area contributed by atoms with Gasteiger partial charge in [-0.2, -0.15) is 0 Å². The molecule has 0 radical (unpaired) electrons. The van der Waals surface area contributed by atoms with E-state index in [9.17, 15) is 4.39 Å². The van der Waals surface area contributed by atoms with E-state index in [2.05, 4.69) is 25.8 Å². The Morgan fingerprint density at radius 3 is 2.56 bits per heavy atom. The Bertz CT molecular complexity index is 885. The van der Waals surface area contributed by atoms with Crippen molar-refractivity contribution in [1.29, 1.82) is 0 Å². The zero-order chi connectivity index (χ0) is 18.6. The molecule has 0 bridgehead atoms. The molecule has 1 aromatic heterocycles. The number of piperidine rings is 1. The number of benzene rings is 2. The third-order valence-electron chi connectivity index (χ3n) is 5.19. The molecule has 0 aliphatic carbocycles. The maximum atomic E-state index is 13.0. The summed E-state index contributed by atoms with van der Waals surface area (Å²) in [7, 11) is 0. The Morgan fingerprint density at radius 1 is 1.07 bits per heavy atom. The third-order valence-corrected chi connectivity index (χ3v) is 5.88. The van der Waals surface area contributed by atoms with E-state index < -0.39 is 0 Å². The highest BCUT2D eigenvalue weighted by molar-refractivity contribution is 9.10. The molecule has 2 aromatic carbocycles. The van der Waals surface area contributed by atoms with Crippen LogP contribution in [0, 0.1) is 11.7 Å². The van der Waals surface area contributed by atoms with Gasteiger partial charge in [-0.05, 0) is 84.0 Å². The molecular formula is C22H22BrFN2O. The average Bonchev–Trinajstić information content (AvgIpc) is 3.14. The van der Waals surface area contributed by atoms with Crippen molar-refractivity contribution in [3.8, 4) is 11.5 Å². The topological polar surface area (TPSA) is 29.3 Å². The predicted octanol–water partition coefficient (Wildman–Crippen LogP) is 5.70. The first-order valence-electron chi connectivity index (χ1n) is 9.33. The Kier molecular flexibility index (Phi) is 5.69. The molecule has 2 heterocycles. The molecule has 4 rings (SSSR count).